The highest BCUT2D eigenvalue weighted by Crippen LogP contribution is 2.22. The van der Waals surface area contributed by atoms with Crippen molar-refractivity contribution in [2.75, 3.05) is 6.54 Å². The molecule has 1 aromatic rings. The van der Waals surface area contributed by atoms with Gasteiger partial charge in [-0.05, 0) is 48.9 Å². The lowest BCUT2D eigenvalue weighted by Gasteiger charge is -2.10. The van der Waals surface area contributed by atoms with Crippen molar-refractivity contribution in [2.45, 2.75) is 44.4 Å². The normalized spacial score (nSPS) is 15.2. The first-order valence-corrected chi connectivity index (χ1v) is 7.18. The lowest BCUT2D eigenvalue weighted by atomic mass is 10.1. The molecule has 1 amide bonds. The number of halogens is 1. The Morgan fingerprint density at radius 3 is 2.94 bits per heavy atom. The maximum absolute atomic E-state index is 12.0. The van der Waals surface area contributed by atoms with Crippen molar-refractivity contribution in [2.24, 2.45) is 0 Å². The van der Waals surface area contributed by atoms with E-state index in [0.717, 1.165) is 31.2 Å². The minimum atomic E-state index is -0.00791. The number of hydrogen-bond acceptors (Lipinski definition) is 1. The van der Waals surface area contributed by atoms with Gasteiger partial charge in [-0.25, -0.2) is 0 Å². The fourth-order valence-corrected chi connectivity index (χ4v) is 2.73. The van der Waals surface area contributed by atoms with Crippen molar-refractivity contribution in [3.8, 4) is 0 Å². The van der Waals surface area contributed by atoms with Gasteiger partial charge in [0.05, 0.1) is 5.38 Å². The molecule has 0 aromatic heterocycles. The Kier molecular flexibility index (Phi) is 4.65. The number of fused-ring (bicyclic) bond motifs is 1. The molecule has 18 heavy (non-hydrogen) atoms. The summed E-state index contributed by atoms with van der Waals surface area (Å²) in [4.78, 5) is 12.0. The van der Waals surface area contributed by atoms with Crippen LogP contribution in [0.5, 0.6) is 0 Å². The molecule has 2 rings (SSSR count). The molecule has 1 aliphatic carbocycles. The number of amides is 1. The van der Waals surface area contributed by atoms with Crippen LogP contribution >= 0.6 is 11.6 Å². The van der Waals surface area contributed by atoms with E-state index in [9.17, 15) is 4.79 Å². The van der Waals surface area contributed by atoms with Crippen molar-refractivity contribution >= 4 is 17.5 Å². The number of benzene rings is 1. The summed E-state index contributed by atoms with van der Waals surface area (Å²) in [5, 5.41) is 2.94. The van der Waals surface area contributed by atoms with Crippen molar-refractivity contribution in [1.29, 1.82) is 0 Å². The smallest absolute Gasteiger partial charge is 0.251 e. The molecule has 1 aliphatic rings. The topological polar surface area (TPSA) is 29.1 Å². The van der Waals surface area contributed by atoms with E-state index in [2.05, 4.69) is 18.3 Å². The third kappa shape index (κ3) is 3.26. The average molecular weight is 266 g/mol. The van der Waals surface area contributed by atoms with Gasteiger partial charge in [-0.2, -0.15) is 0 Å². The SMILES string of the molecule is CCCC(Cl)CNC(=O)c1ccc2c(c1)CCC2. The molecule has 2 nitrogen and oxygen atoms in total. The summed E-state index contributed by atoms with van der Waals surface area (Å²) in [6.45, 7) is 2.64. The van der Waals surface area contributed by atoms with E-state index in [1.165, 1.54) is 17.5 Å². The highest BCUT2D eigenvalue weighted by molar-refractivity contribution is 6.20. The summed E-state index contributed by atoms with van der Waals surface area (Å²) >= 11 is 6.09. The van der Waals surface area contributed by atoms with E-state index < -0.39 is 0 Å². The largest absolute Gasteiger partial charge is 0.351 e. The monoisotopic (exact) mass is 265 g/mol. The molecule has 0 saturated carbocycles. The van der Waals surface area contributed by atoms with Gasteiger partial charge in [0.15, 0.2) is 0 Å². The molecule has 0 bridgehead atoms. The molecule has 0 radical (unpaired) electrons. The molecule has 0 heterocycles. The van der Waals surface area contributed by atoms with Crippen LogP contribution in [0.25, 0.3) is 0 Å². The van der Waals surface area contributed by atoms with Gasteiger partial charge in [0.2, 0.25) is 0 Å². The second kappa shape index (κ2) is 6.24. The summed E-state index contributed by atoms with van der Waals surface area (Å²) in [5.74, 6) is -0.00791. The molecule has 0 fully saturated rings. The standard InChI is InChI=1S/C15H20ClNO/c1-2-4-14(16)10-17-15(18)13-8-7-11-5-3-6-12(11)9-13/h7-9,14H,2-6,10H2,1H3,(H,17,18). The van der Waals surface area contributed by atoms with Crippen molar-refractivity contribution in [3.63, 3.8) is 0 Å². The van der Waals surface area contributed by atoms with Crippen LogP contribution in [0.15, 0.2) is 18.2 Å². The Morgan fingerprint density at radius 1 is 1.39 bits per heavy atom. The van der Waals surface area contributed by atoms with E-state index in [4.69, 9.17) is 11.6 Å². The molecule has 98 valence electrons. The van der Waals surface area contributed by atoms with Gasteiger partial charge in [0, 0.05) is 12.1 Å². The van der Waals surface area contributed by atoms with Gasteiger partial charge in [0.1, 0.15) is 0 Å². The predicted molar refractivity (Wildman–Crippen MR) is 75.3 cm³/mol. The summed E-state index contributed by atoms with van der Waals surface area (Å²) < 4.78 is 0. The third-order valence-electron chi connectivity index (χ3n) is 3.45. The first-order chi connectivity index (χ1) is 8.70. The van der Waals surface area contributed by atoms with Gasteiger partial charge >= 0.3 is 0 Å². The van der Waals surface area contributed by atoms with Crippen molar-refractivity contribution in [1.82, 2.24) is 5.32 Å². The van der Waals surface area contributed by atoms with Crippen LogP contribution in [0.3, 0.4) is 0 Å². The van der Waals surface area contributed by atoms with E-state index in [1.54, 1.807) is 0 Å². The molecular formula is C15H20ClNO. The lowest BCUT2D eigenvalue weighted by Crippen LogP contribution is -2.29. The molecule has 1 atom stereocenters. The highest BCUT2D eigenvalue weighted by atomic mass is 35.5. The van der Waals surface area contributed by atoms with Crippen LogP contribution in [-0.4, -0.2) is 17.8 Å². The Morgan fingerprint density at radius 2 is 2.17 bits per heavy atom. The minimum absolute atomic E-state index is 0.00791. The molecule has 1 aromatic carbocycles. The number of hydrogen-bond donors (Lipinski definition) is 1. The number of alkyl halides is 1. The maximum Gasteiger partial charge on any atom is 0.251 e. The van der Waals surface area contributed by atoms with Crippen LogP contribution in [0, 0.1) is 0 Å². The second-order valence-corrected chi connectivity index (χ2v) is 5.55. The Hall–Kier alpha value is -1.02. The maximum atomic E-state index is 12.0. The molecule has 1 unspecified atom stereocenters. The van der Waals surface area contributed by atoms with Crippen molar-refractivity contribution < 1.29 is 4.79 Å². The number of nitrogens with one attached hydrogen (secondary N) is 1. The van der Waals surface area contributed by atoms with Gasteiger partial charge in [0.25, 0.3) is 5.91 Å². The minimum Gasteiger partial charge on any atom is -0.351 e. The van der Waals surface area contributed by atoms with Gasteiger partial charge < -0.3 is 5.32 Å². The van der Waals surface area contributed by atoms with Crippen LogP contribution in [-0.2, 0) is 12.8 Å². The predicted octanol–water partition coefficient (Wildman–Crippen LogP) is 3.31. The van der Waals surface area contributed by atoms with E-state index in [1.807, 2.05) is 12.1 Å². The zero-order valence-corrected chi connectivity index (χ0v) is 11.6. The quantitative estimate of drug-likeness (QED) is 0.813. The third-order valence-corrected chi connectivity index (χ3v) is 3.82. The Labute approximate surface area is 114 Å². The highest BCUT2D eigenvalue weighted by Gasteiger charge is 2.14. The number of rotatable bonds is 5. The number of aryl methyl sites for hydroxylation is 2. The van der Waals surface area contributed by atoms with Gasteiger partial charge in [-0.15, -0.1) is 11.6 Å². The summed E-state index contributed by atoms with van der Waals surface area (Å²) in [6.07, 6.45) is 5.44. The first kappa shape index (κ1) is 13.4. The number of carbonyl (C=O) groups is 1. The zero-order chi connectivity index (χ0) is 13.0. The Balaban J connectivity index is 1.93. The molecular weight excluding hydrogens is 246 g/mol. The molecule has 3 heteroatoms. The molecule has 1 N–H and O–H groups in total. The molecule has 0 spiro atoms. The van der Waals surface area contributed by atoms with Crippen LogP contribution in [0.4, 0.5) is 0 Å². The van der Waals surface area contributed by atoms with E-state index in [0.29, 0.717) is 6.54 Å². The van der Waals surface area contributed by atoms with Gasteiger partial charge in [-0.3, -0.25) is 4.79 Å². The van der Waals surface area contributed by atoms with Crippen LogP contribution in [0.1, 0.15) is 47.7 Å². The summed E-state index contributed by atoms with van der Waals surface area (Å²) in [5.41, 5.74) is 3.49. The second-order valence-electron chi connectivity index (χ2n) is 4.93. The molecule has 0 saturated heterocycles. The van der Waals surface area contributed by atoms with Gasteiger partial charge in [-0.1, -0.05) is 19.4 Å². The fraction of sp³-hybridized carbons (Fsp3) is 0.533. The summed E-state index contributed by atoms with van der Waals surface area (Å²) in [7, 11) is 0. The van der Waals surface area contributed by atoms with Crippen LogP contribution < -0.4 is 5.32 Å². The zero-order valence-electron chi connectivity index (χ0n) is 10.8. The lowest BCUT2D eigenvalue weighted by molar-refractivity contribution is 0.0953. The molecule has 0 aliphatic heterocycles. The fourth-order valence-electron chi connectivity index (χ4n) is 2.43. The Bertz CT molecular complexity index is 431. The average Bonchev–Trinajstić information content (AvgIpc) is 2.83. The number of carbonyl (C=O) groups excluding carboxylic acids is 1. The van der Waals surface area contributed by atoms with Crippen molar-refractivity contribution in [3.05, 3.63) is 34.9 Å². The van der Waals surface area contributed by atoms with E-state index >= 15 is 0 Å². The van der Waals surface area contributed by atoms with E-state index in [-0.39, 0.29) is 11.3 Å². The first-order valence-electron chi connectivity index (χ1n) is 6.74. The summed E-state index contributed by atoms with van der Waals surface area (Å²) in [6, 6.07) is 6.03. The van der Waals surface area contributed by atoms with Crippen LogP contribution in [0.2, 0.25) is 0 Å².